The highest BCUT2D eigenvalue weighted by Crippen LogP contribution is 2.35. The Kier molecular flexibility index (Phi) is 7.75. The van der Waals surface area contributed by atoms with Gasteiger partial charge in [0.05, 0.1) is 23.6 Å². The van der Waals surface area contributed by atoms with Gasteiger partial charge in [0.15, 0.2) is 0 Å². The largest absolute Gasteiger partial charge is 0.494 e. The van der Waals surface area contributed by atoms with E-state index in [1.54, 1.807) is 24.3 Å². The second-order valence-electron chi connectivity index (χ2n) is 9.05. The zero-order valence-electron chi connectivity index (χ0n) is 20.5. The minimum absolute atomic E-state index is 0.0157. The molecule has 36 heavy (non-hydrogen) atoms. The van der Waals surface area contributed by atoms with Crippen molar-refractivity contribution in [3.05, 3.63) is 48.5 Å². The van der Waals surface area contributed by atoms with E-state index in [0.29, 0.717) is 36.6 Å². The fourth-order valence-electron chi connectivity index (χ4n) is 4.93. The average Bonchev–Trinajstić information content (AvgIpc) is 3.13. The van der Waals surface area contributed by atoms with Gasteiger partial charge in [-0.05, 0) is 68.3 Å². The number of anilines is 2. The van der Waals surface area contributed by atoms with Crippen LogP contribution in [0.2, 0.25) is 0 Å². The summed E-state index contributed by atoms with van der Waals surface area (Å²) in [4.78, 5) is 39.0. The Morgan fingerprint density at radius 1 is 1.03 bits per heavy atom. The van der Waals surface area contributed by atoms with E-state index in [1.807, 2.05) is 6.92 Å². The third-order valence-electron chi connectivity index (χ3n) is 6.52. The monoisotopic (exact) mass is 513 g/mol. The van der Waals surface area contributed by atoms with Gasteiger partial charge in [-0.15, -0.1) is 0 Å². The second kappa shape index (κ2) is 10.8. The van der Waals surface area contributed by atoms with Gasteiger partial charge in [-0.2, -0.15) is 4.31 Å². The molecular weight excluding hydrogens is 482 g/mol. The molecule has 2 aliphatic rings. The van der Waals surface area contributed by atoms with Crippen molar-refractivity contribution in [1.29, 1.82) is 0 Å². The van der Waals surface area contributed by atoms with Gasteiger partial charge in [-0.1, -0.05) is 19.3 Å². The van der Waals surface area contributed by atoms with Crippen LogP contribution >= 0.6 is 0 Å². The van der Waals surface area contributed by atoms with Gasteiger partial charge in [-0.3, -0.25) is 14.4 Å². The third kappa shape index (κ3) is 5.29. The molecule has 0 radical (unpaired) electrons. The summed E-state index contributed by atoms with van der Waals surface area (Å²) < 4.78 is 34.5. The van der Waals surface area contributed by atoms with E-state index in [0.717, 1.165) is 24.2 Å². The van der Waals surface area contributed by atoms with E-state index in [1.165, 1.54) is 35.5 Å². The number of carbonyl (C=O) groups excluding carboxylic acids is 3. The molecule has 1 aliphatic heterocycles. The summed E-state index contributed by atoms with van der Waals surface area (Å²) in [5.41, 5.74) is 0.857. The molecule has 9 nitrogen and oxygen atoms in total. The summed E-state index contributed by atoms with van der Waals surface area (Å²) >= 11 is 0. The molecule has 1 unspecified atom stereocenters. The molecule has 0 spiro atoms. The number of imide groups is 1. The molecule has 2 aromatic rings. The minimum Gasteiger partial charge on any atom is -0.494 e. The normalized spacial score (nSPS) is 19.1. The lowest BCUT2D eigenvalue weighted by molar-refractivity contribution is -0.122. The van der Waals surface area contributed by atoms with E-state index in [2.05, 4.69) is 5.32 Å². The SMILES string of the molecule is CCOc1ccc(N2C(=O)CC(N(C3CCCCC3)S(=O)(=O)c3ccc(NC(C)=O)cc3)C2=O)cc1. The molecule has 3 amide bonds. The summed E-state index contributed by atoms with van der Waals surface area (Å²) in [7, 11) is -4.10. The van der Waals surface area contributed by atoms with E-state index in [4.69, 9.17) is 4.74 Å². The molecule has 0 aromatic heterocycles. The Hall–Kier alpha value is -3.24. The average molecular weight is 514 g/mol. The number of carbonyl (C=O) groups is 3. The zero-order valence-corrected chi connectivity index (χ0v) is 21.3. The molecule has 2 fully saturated rings. The predicted octanol–water partition coefficient (Wildman–Crippen LogP) is 3.70. The van der Waals surface area contributed by atoms with Gasteiger partial charge >= 0.3 is 0 Å². The van der Waals surface area contributed by atoms with Crippen LogP contribution in [-0.2, 0) is 24.4 Å². The molecule has 1 saturated heterocycles. The molecule has 1 N–H and O–H groups in total. The fraction of sp³-hybridized carbons (Fsp3) is 0.423. The van der Waals surface area contributed by atoms with E-state index < -0.39 is 27.9 Å². The quantitative estimate of drug-likeness (QED) is 0.539. The Bertz CT molecular complexity index is 1220. The summed E-state index contributed by atoms with van der Waals surface area (Å²) in [5, 5.41) is 2.62. The number of nitrogens with zero attached hydrogens (tertiary/aromatic N) is 2. The predicted molar refractivity (Wildman–Crippen MR) is 135 cm³/mol. The number of rotatable bonds is 8. The Labute approximate surface area is 211 Å². The first kappa shape index (κ1) is 25.8. The summed E-state index contributed by atoms with van der Waals surface area (Å²) in [6, 6.07) is 11.0. The van der Waals surface area contributed by atoms with Crippen molar-refractivity contribution in [2.75, 3.05) is 16.8 Å². The maximum absolute atomic E-state index is 13.9. The molecule has 10 heteroatoms. The smallest absolute Gasteiger partial charge is 0.252 e. The third-order valence-corrected chi connectivity index (χ3v) is 8.50. The first-order valence-corrected chi connectivity index (χ1v) is 13.7. The molecule has 192 valence electrons. The fourth-order valence-corrected chi connectivity index (χ4v) is 6.76. The van der Waals surface area contributed by atoms with Gasteiger partial charge in [-0.25, -0.2) is 13.3 Å². The number of hydrogen-bond acceptors (Lipinski definition) is 6. The molecular formula is C26H31N3O6S. The molecule has 1 atom stereocenters. The molecule has 1 saturated carbocycles. The molecule has 2 aromatic carbocycles. The first-order valence-electron chi connectivity index (χ1n) is 12.2. The van der Waals surface area contributed by atoms with Crippen molar-refractivity contribution in [3.8, 4) is 5.75 Å². The van der Waals surface area contributed by atoms with Crippen LogP contribution in [0.4, 0.5) is 11.4 Å². The standard InChI is InChI=1S/C26H31N3O6S/c1-3-35-22-13-11-20(12-14-22)28-25(31)17-24(26(28)32)29(21-7-5-4-6-8-21)36(33,34)23-15-9-19(10-16-23)27-18(2)30/h9-16,21,24H,3-8,17H2,1-2H3,(H,27,30). The number of amides is 3. The van der Waals surface area contributed by atoms with Gasteiger partial charge in [0.25, 0.3) is 5.91 Å². The number of hydrogen-bond donors (Lipinski definition) is 1. The van der Waals surface area contributed by atoms with E-state index in [-0.39, 0.29) is 23.3 Å². The van der Waals surface area contributed by atoms with Crippen molar-refractivity contribution in [2.45, 2.75) is 69.4 Å². The number of sulfonamides is 1. The van der Waals surface area contributed by atoms with Crippen LogP contribution < -0.4 is 15.0 Å². The lowest BCUT2D eigenvalue weighted by Gasteiger charge is -2.36. The topological polar surface area (TPSA) is 113 Å². The highest BCUT2D eigenvalue weighted by Gasteiger charge is 2.49. The van der Waals surface area contributed by atoms with E-state index >= 15 is 0 Å². The van der Waals surface area contributed by atoms with Crippen molar-refractivity contribution in [3.63, 3.8) is 0 Å². The minimum atomic E-state index is -4.10. The lowest BCUT2D eigenvalue weighted by atomic mass is 9.94. The Morgan fingerprint density at radius 3 is 2.25 bits per heavy atom. The highest BCUT2D eigenvalue weighted by atomic mass is 32.2. The summed E-state index contributed by atoms with van der Waals surface area (Å²) in [6.07, 6.45) is 3.76. The number of ether oxygens (including phenoxy) is 1. The summed E-state index contributed by atoms with van der Waals surface area (Å²) in [6.45, 7) is 3.72. The van der Waals surface area contributed by atoms with Gasteiger partial charge in [0, 0.05) is 18.7 Å². The molecule has 4 rings (SSSR count). The zero-order chi connectivity index (χ0) is 25.9. The molecule has 1 heterocycles. The van der Waals surface area contributed by atoms with Crippen LogP contribution in [0.5, 0.6) is 5.75 Å². The Morgan fingerprint density at radius 2 is 1.67 bits per heavy atom. The van der Waals surface area contributed by atoms with Gasteiger partial charge < -0.3 is 10.1 Å². The highest BCUT2D eigenvalue weighted by molar-refractivity contribution is 7.89. The van der Waals surface area contributed by atoms with Crippen molar-refractivity contribution < 1.29 is 27.5 Å². The van der Waals surface area contributed by atoms with Crippen LogP contribution in [0.3, 0.4) is 0 Å². The van der Waals surface area contributed by atoms with Crippen molar-refractivity contribution in [2.24, 2.45) is 0 Å². The first-order chi connectivity index (χ1) is 17.2. The van der Waals surface area contributed by atoms with Crippen LogP contribution in [0.25, 0.3) is 0 Å². The molecule has 1 aliphatic carbocycles. The lowest BCUT2D eigenvalue weighted by Crippen LogP contribution is -2.51. The Balaban J connectivity index is 1.67. The number of benzene rings is 2. The van der Waals surface area contributed by atoms with Crippen LogP contribution in [0, 0.1) is 0 Å². The van der Waals surface area contributed by atoms with Crippen LogP contribution in [0.15, 0.2) is 53.4 Å². The molecule has 0 bridgehead atoms. The maximum Gasteiger partial charge on any atom is 0.252 e. The van der Waals surface area contributed by atoms with Crippen LogP contribution in [0.1, 0.15) is 52.4 Å². The van der Waals surface area contributed by atoms with Gasteiger partial charge in [0.2, 0.25) is 21.8 Å². The van der Waals surface area contributed by atoms with Gasteiger partial charge in [0.1, 0.15) is 11.8 Å². The summed E-state index contributed by atoms with van der Waals surface area (Å²) in [5.74, 6) is -0.635. The van der Waals surface area contributed by atoms with Crippen molar-refractivity contribution in [1.82, 2.24) is 4.31 Å². The van der Waals surface area contributed by atoms with Crippen LogP contribution in [-0.4, -0.2) is 49.1 Å². The van der Waals surface area contributed by atoms with E-state index in [9.17, 15) is 22.8 Å². The number of nitrogens with one attached hydrogen (secondary N) is 1. The second-order valence-corrected chi connectivity index (χ2v) is 10.9. The maximum atomic E-state index is 13.9. The van der Waals surface area contributed by atoms with Crippen molar-refractivity contribution >= 4 is 39.1 Å².